The molecule has 1 aromatic heterocycles. The zero-order chi connectivity index (χ0) is 16.2. The number of benzene rings is 1. The molecule has 1 amide bonds. The topological polar surface area (TPSA) is 106 Å². The van der Waals surface area contributed by atoms with Crippen molar-refractivity contribution in [3.8, 4) is 0 Å². The van der Waals surface area contributed by atoms with Crippen LogP contribution in [0.15, 0.2) is 41.8 Å². The molecule has 0 saturated heterocycles. The lowest BCUT2D eigenvalue weighted by Crippen LogP contribution is -2.30. The third kappa shape index (κ3) is 4.37. The number of hydrogen-bond donors (Lipinski definition) is 2. The van der Waals surface area contributed by atoms with Gasteiger partial charge in [-0.1, -0.05) is 0 Å². The molecule has 0 spiro atoms. The fourth-order valence-corrected chi connectivity index (χ4v) is 3.01. The van der Waals surface area contributed by atoms with Crippen LogP contribution in [-0.4, -0.2) is 35.1 Å². The molecule has 2 rings (SSSR count). The van der Waals surface area contributed by atoms with Crippen LogP contribution in [0.4, 0.5) is 5.69 Å². The van der Waals surface area contributed by atoms with Crippen molar-refractivity contribution in [3.05, 3.63) is 36.9 Å². The molecule has 0 aliphatic heterocycles. The number of rotatable bonds is 6. The molecule has 0 bridgehead atoms. The van der Waals surface area contributed by atoms with Crippen molar-refractivity contribution < 1.29 is 13.2 Å². The Bertz CT molecular complexity index is 724. The van der Waals surface area contributed by atoms with Crippen LogP contribution in [0.5, 0.6) is 0 Å². The highest BCUT2D eigenvalue weighted by atomic mass is 32.2. The quantitative estimate of drug-likeness (QED) is 0.810. The molecule has 118 valence electrons. The highest BCUT2D eigenvalue weighted by Crippen LogP contribution is 2.14. The molecule has 0 radical (unpaired) electrons. The molecule has 0 atom stereocenters. The van der Waals surface area contributed by atoms with Crippen LogP contribution in [0, 0.1) is 0 Å². The van der Waals surface area contributed by atoms with Crippen molar-refractivity contribution in [1.82, 2.24) is 19.5 Å². The Morgan fingerprint density at radius 2 is 1.95 bits per heavy atom. The van der Waals surface area contributed by atoms with Crippen LogP contribution in [0.1, 0.15) is 13.8 Å². The molecule has 8 nitrogen and oxygen atoms in total. The summed E-state index contributed by atoms with van der Waals surface area (Å²) in [6.45, 7) is 3.53. The SMILES string of the molecule is CC(C)NS(=O)(=O)c1ccc(NC(=O)Cn2cncn2)cc1. The van der Waals surface area contributed by atoms with E-state index in [0.717, 1.165) is 0 Å². The molecule has 0 aliphatic carbocycles. The maximum absolute atomic E-state index is 12.0. The summed E-state index contributed by atoms with van der Waals surface area (Å²) in [5, 5.41) is 6.49. The maximum Gasteiger partial charge on any atom is 0.246 e. The molecule has 1 heterocycles. The van der Waals surface area contributed by atoms with Crippen LogP contribution < -0.4 is 10.0 Å². The Hall–Kier alpha value is -2.26. The summed E-state index contributed by atoms with van der Waals surface area (Å²) in [5.41, 5.74) is 0.508. The number of carbonyl (C=O) groups excluding carboxylic acids is 1. The fraction of sp³-hybridized carbons (Fsp3) is 0.308. The van der Waals surface area contributed by atoms with E-state index in [-0.39, 0.29) is 23.4 Å². The summed E-state index contributed by atoms with van der Waals surface area (Å²) in [6.07, 6.45) is 2.78. The van der Waals surface area contributed by atoms with Crippen molar-refractivity contribution in [2.24, 2.45) is 0 Å². The highest BCUT2D eigenvalue weighted by molar-refractivity contribution is 7.89. The van der Waals surface area contributed by atoms with E-state index in [9.17, 15) is 13.2 Å². The second-order valence-corrected chi connectivity index (χ2v) is 6.66. The van der Waals surface area contributed by atoms with Crippen molar-refractivity contribution in [3.63, 3.8) is 0 Å². The first-order valence-corrected chi connectivity index (χ1v) is 8.10. The van der Waals surface area contributed by atoms with E-state index in [1.165, 1.54) is 41.6 Å². The maximum atomic E-state index is 12.0. The summed E-state index contributed by atoms with van der Waals surface area (Å²) in [5.74, 6) is -0.276. The van der Waals surface area contributed by atoms with Gasteiger partial charge in [0.05, 0.1) is 4.90 Å². The van der Waals surface area contributed by atoms with Gasteiger partial charge in [0.1, 0.15) is 19.2 Å². The van der Waals surface area contributed by atoms with Crippen LogP contribution in [0.3, 0.4) is 0 Å². The summed E-state index contributed by atoms with van der Waals surface area (Å²) in [7, 11) is -3.53. The van der Waals surface area contributed by atoms with Crippen molar-refractivity contribution in [1.29, 1.82) is 0 Å². The minimum Gasteiger partial charge on any atom is -0.324 e. The van der Waals surface area contributed by atoms with Gasteiger partial charge in [-0.3, -0.25) is 4.79 Å². The van der Waals surface area contributed by atoms with Crippen molar-refractivity contribution in [2.75, 3.05) is 5.32 Å². The van der Waals surface area contributed by atoms with Gasteiger partial charge in [0.2, 0.25) is 15.9 Å². The molecular formula is C13H17N5O3S. The van der Waals surface area contributed by atoms with E-state index in [2.05, 4.69) is 20.1 Å². The summed E-state index contributed by atoms with van der Waals surface area (Å²) >= 11 is 0. The number of sulfonamides is 1. The Labute approximate surface area is 128 Å². The van der Waals surface area contributed by atoms with E-state index < -0.39 is 10.0 Å². The van der Waals surface area contributed by atoms with Gasteiger partial charge in [-0.25, -0.2) is 22.8 Å². The Kier molecular flexibility index (Phi) is 4.88. The van der Waals surface area contributed by atoms with E-state index in [1.54, 1.807) is 13.8 Å². The first-order chi connectivity index (χ1) is 10.4. The summed E-state index contributed by atoms with van der Waals surface area (Å²) in [4.78, 5) is 15.7. The van der Waals surface area contributed by atoms with Crippen LogP contribution in [0.2, 0.25) is 0 Å². The summed E-state index contributed by atoms with van der Waals surface area (Å²) < 4.78 is 27.8. The van der Waals surface area contributed by atoms with Gasteiger partial charge in [-0.15, -0.1) is 0 Å². The standard InChI is InChI=1S/C13H17N5O3S/c1-10(2)17-22(20,21)12-5-3-11(4-6-12)16-13(19)7-18-9-14-8-15-18/h3-6,8-10,17H,7H2,1-2H3,(H,16,19). The largest absolute Gasteiger partial charge is 0.324 e. The first-order valence-electron chi connectivity index (χ1n) is 6.61. The van der Waals surface area contributed by atoms with Crippen LogP contribution in [0.25, 0.3) is 0 Å². The number of nitrogens with one attached hydrogen (secondary N) is 2. The van der Waals surface area contributed by atoms with E-state index in [1.807, 2.05) is 0 Å². The molecule has 9 heteroatoms. The van der Waals surface area contributed by atoms with Gasteiger partial charge in [-0.05, 0) is 38.1 Å². The number of aromatic nitrogens is 3. The lowest BCUT2D eigenvalue weighted by molar-refractivity contribution is -0.116. The van der Waals surface area contributed by atoms with E-state index >= 15 is 0 Å². The molecule has 0 saturated carbocycles. The number of hydrogen-bond acceptors (Lipinski definition) is 5. The second-order valence-electron chi connectivity index (χ2n) is 4.94. The predicted molar refractivity (Wildman–Crippen MR) is 80.6 cm³/mol. The number of nitrogens with zero attached hydrogens (tertiary/aromatic N) is 3. The molecular weight excluding hydrogens is 306 g/mol. The number of amides is 1. The van der Waals surface area contributed by atoms with E-state index in [0.29, 0.717) is 5.69 Å². The minimum absolute atomic E-state index is 0.0367. The van der Waals surface area contributed by atoms with E-state index in [4.69, 9.17) is 0 Å². The molecule has 22 heavy (non-hydrogen) atoms. The normalized spacial score (nSPS) is 11.6. The lowest BCUT2D eigenvalue weighted by atomic mass is 10.3. The van der Waals surface area contributed by atoms with Gasteiger partial charge < -0.3 is 5.32 Å². The zero-order valence-electron chi connectivity index (χ0n) is 12.2. The Balaban J connectivity index is 2.01. The first kappa shape index (κ1) is 16.1. The lowest BCUT2D eigenvalue weighted by Gasteiger charge is -2.10. The second kappa shape index (κ2) is 6.67. The van der Waals surface area contributed by atoms with Crippen molar-refractivity contribution in [2.45, 2.75) is 31.3 Å². The third-order valence-corrected chi connectivity index (χ3v) is 4.29. The highest BCUT2D eigenvalue weighted by Gasteiger charge is 2.15. The zero-order valence-corrected chi connectivity index (χ0v) is 13.0. The smallest absolute Gasteiger partial charge is 0.246 e. The molecule has 1 aromatic carbocycles. The average molecular weight is 323 g/mol. The van der Waals surface area contributed by atoms with Gasteiger partial charge in [0, 0.05) is 11.7 Å². The van der Waals surface area contributed by atoms with Gasteiger partial charge >= 0.3 is 0 Å². The number of carbonyl (C=O) groups is 1. The Morgan fingerprint density at radius 3 is 2.50 bits per heavy atom. The molecule has 0 unspecified atom stereocenters. The average Bonchev–Trinajstić information content (AvgIpc) is 2.90. The molecule has 0 fully saturated rings. The van der Waals surface area contributed by atoms with Crippen molar-refractivity contribution >= 4 is 21.6 Å². The van der Waals surface area contributed by atoms with Crippen LogP contribution >= 0.6 is 0 Å². The van der Waals surface area contributed by atoms with Gasteiger partial charge in [0.15, 0.2) is 0 Å². The Morgan fingerprint density at radius 1 is 1.27 bits per heavy atom. The molecule has 2 aromatic rings. The third-order valence-electron chi connectivity index (χ3n) is 2.61. The molecule has 2 N–H and O–H groups in total. The van der Waals surface area contributed by atoms with Gasteiger partial charge in [0.25, 0.3) is 0 Å². The number of anilines is 1. The minimum atomic E-state index is -3.53. The molecule has 0 aliphatic rings. The van der Waals surface area contributed by atoms with Crippen LogP contribution in [-0.2, 0) is 21.4 Å². The predicted octanol–water partition coefficient (Wildman–Crippen LogP) is 0.603. The monoisotopic (exact) mass is 323 g/mol. The van der Waals surface area contributed by atoms with Gasteiger partial charge in [-0.2, -0.15) is 5.10 Å². The summed E-state index contributed by atoms with van der Waals surface area (Å²) in [6, 6.07) is 5.76. The fourth-order valence-electron chi connectivity index (χ4n) is 1.76.